The first-order chi connectivity index (χ1) is 10.7. The van der Waals surface area contributed by atoms with Gasteiger partial charge < -0.3 is 15.4 Å². The Kier molecular flexibility index (Phi) is 6.65. The second-order valence-corrected chi connectivity index (χ2v) is 5.99. The fourth-order valence-electron chi connectivity index (χ4n) is 2.68. The molecule has 1 saturated carbocycles. The SMILES string of the molecule is CCOC(=O)c1ccc(NC(=S)NC2CCCCCC2)cc1. The molecule has 0 aromatic heterocycles. The lowest BCUT2D eigenvalue weighted by atomic mass is 10.1. The second-order valence-electron chi connectivity index (χ2n) is 5.58. The highest BCUT2D eigenvalue weighted by Gasteiger charge is 2.13. The molecule has 1 aromatic rings. The van der Waals surface area contributed by atoms with Crippen molar-refractivity contribution in [2.24, 2.45) is 0 Å². The Morgan fingerprint density at radius 2 is 1.82 bits per heavy atom. The molecule has 4 nitrogen and oxygen atoms in total. The minimum atomic E-state index is -0.298. The van der Waals surface area contributed by atoms with Gasteiger partial charge in [-0.15, -0.1) is 0 Å². The molecule has 2 N–H and O–H groups in total. The molecular weight excluding hydrogens is 296 g/mol. The van der Waals surface area contributed by atoms with Crippen LogP contribution in [0.25, 0.3) is 0 Å². The molecule has 0 spiro atoms. The van der Waals surface area contributed by atoms with Crippen molar-refractivity contribution in [2.45, 2.75) is 51.5 Å². The van der Waals surface area contributed by atoms with E-state index in [9.17, 15) is 4.79 Å². The van der Waals surface area contributed by atoms with Gasteiger partial charge in [0.15, 0.2) is 5.11 Å². The molecule has 120 valence electrons. The van der Waals surface area contributed by atoms with Gasteiger partial charge in [-0.3, -0.25) is 0 Å². The summed E-state index contributed by atoms with van der Waals surface area (Å²) < 4.78 is 4.96. The quantitative estimate of drug-likeness (QED) is 0.501. The Labute approximate surface area is 137 Å². The maximum Gasteiger partial charge on any atom is 0.338 e. The number of thiocarbonyl (C=S) groups is 1. The molecule has 1 fully saturated rings. The largest absolute Gasteiger partial charge is 0.462 e. The summed E-state index contributed by atoms with van der Waals surface area (Å²) in [6.45, 7) is 2.18. The Balaban J connectivity index is 1.84. The first kappa shape index (κ1) is 16.7. The number of esters is 1. The van der Waals surface area contributed by atoms with E-state index < -0.39 is 0 Å². The lowest BCUT2D eigenvalue weighted by Gasteiger charge is -2.19. The van der Waals surface area contributed by atoms with Gasteiger partial charge in [-0.2, -0.15) is 0 Å². The molecule has 5 heteroatoms. The van der Waals surface area contributed by atoms with Crippen LogP contribution in [0, 0.1) is 0 Å². The van der Waals surface area contributed by atoms with Crippen LogP contribution in [-0.2, 0) is 4.74 Å². The molecule has 2 rings (SSSR count). The van der Waals surface area contributed by atoms with Crippen molar-refractivity contribution < 1.29 is 9.53 Å². The van der Waals surface area contributed by atoms with Crippen molar-refractivity contribution in [3.05, 3.63) is 29.8 Å². The summed E-state index contributed by atoms with van der Waals surface area (Å²) >= 11 is 5.37. The predicted molar refractivity (Wildman–Crippen MR) is 93.2 cm³/mol. The van der Waals surface area contributed by atoms with Crippen molar-refractivity contribution in [3.63, 3.8) is 0 Å². The van der Waals surface area contributed by atoms with Crippen molar-refractivity contribution in [1.29, 1.82) is 0 Å². The van der Waals surface area contributed by atoms with Crippen LogP contribution in [0.5, 0.6) is 0 Å². The van der Waals surface area contributed by atoms with Crippen molar-refractivity contribution in [1.82, 2.24) is 5.32 Å². The molecule has 22 heavy (non-hydrogen) atoms. The minimum Gasteiger partial charge on any atom is -0.462 e. The van der Waals surface area contributed by atoms with Crippen LogP contribution in [0.2, 0.25) is 0 Å². The zero-order chi connectivity index (χ0) is 15.8. The maximum atomic E-state index is 11.6. The van der Waals surface area contributed by atoms with Gasteiger partial charge in [-0.1, -0.05) is 25.7 Å². The first-order valence-electron chi connectivity index (χ1n) is 8.03. The molecule has 1 aromatic carbocycles. The second kappa shape index (κ2) is 8.73. The van der Waals surface area contributed by atoms with E-state index in [1.54, 1.807) is 19.1 Å². The van der Waals surface area contributed by atoms with Crippen LogP contribution in [-0.4, -0.2) is 23.7 Å². The third-order valence-corrected chi connectivity index (χ3v) is 4.06. The number of rotatable bonds is 4. The summed E-state index contributed by atoms with van der Waals surface area (Å²) in [7, 11) is 0. The van der Waals surface area contributed by atoms with E-state index >= 15 is 0 Å². The zero-order valence-corrected chi connectivity index (χ0v) is 13.9. The number of benzene rings is 1. The predicted octanol–water partition coefficient (Wildman–Crippen LogP) is 3.87. The van der Waals surface area contributed by atoms with Gasteiger partial charge in [-0.05, 0) is 56.2 Å². The van der Waals surface area contributed by atoms with E-state index in [2.05, 4.69) is 10.6 Å². The lowest BCUT2D eigenvalue weighted by molar-refractivity contribution is 0.0526. The van der Waals surface area contributed by atoms with Gasteiger partial charge in [0.1, 0.15) is 0 Å². The number of carbonyl (C=O) groups is 1. The number of ether oxygens (including phenoxy) is 1. The highest BCUT2D eigenvalue weighted by molar-refractivity contribution is 7.80. The fourth-order valence-corrected chi connectivity index (χ4v) is 2.96. The molecule has 0 aliphatic heterocycles. The molecule has 0 unspecified atom stereocenters. The van der Waals surface area contributed by atoms with E-state index in [0.29, 0.717) is 23.3 Å². The van der Waals surface area contributed by atoms with Gasteiger partial charge in [-0.25, -0.2) is 4.79 Å². The van der Waals surface area contributed by atoms with E-state index in [4.69, 9.17) is 17.0 Å². The van der Waals surface area contributed by atoms with E-state index in [-0.39, 0.29) is 5.97 Å². The van der Waals surface area contributed by atoms with Gasteiger partial charge in [0.25, 0.3) is 0 Å². The van der Waals surface area contributed by atoms with Crippen LogP contribution in [0.1, 0.15) is 55.8 Å². The molecule has 1 aliphatic carbocycles. The van der Waals surface area contributed by atoms with Crippen LogP contribution in [0.15, 0.2) is 24.3 Å². The van der Waals surface area contributed by atoms with Gasteiger partial charge in [0.2, 0.25) is 0 Å². The zero-order valence-electron chi connectivity index (χ0n) is 13.1. The molecular formula is C17H24N2O2S. The van der Waals surface area contributed by atoms with E-state index in [1.165, 1.54) is 38.5 Å². The van der Waals surface area contributed by atoms with Crippen LogP contribution in [0.3, 0.4) is 0 Å². The van der Waals surface area contributed by atoms with Crippen molar-refractivity contribution >= 4 is 29.0 Å². The number of carbonyl (C=O) groups excluding carboxylic acids is 1. The van der Waals surface area contributed by atoms with Crippen molar-refractivity contribution in [2.75, 3.05) is 11.9 Å². The molecule has 0 atom stereocenters. The van der Waals surface area contributed by atoms with Crippen LogP contribution >= 0.6 is 12.2 Å². The average molecular weight is 320 g/mol. The van der Waals surface area contributed by atoms with E-state index in [1.807, 2.05) is 12.1 Å². The molecule has 0 radical (unpaired) electrons. The van der Waals surface area contributed by atoms with Gasteiger partial charge in [0, 0.05) is 11.7 Å². The molecule has 0 saturated heterocycles. The summed E-state index contributed by atoms with van der Waals surface area (Å²) in [6, 6.07) is 7.64. The summed E-state index contributed by atoms with van der Waals surface area (Å²) in [6.07, 6.45) is 7.57. The number of hydrogen-bond acceptors (Lipinski definition) is 3. The number of hydrogen-bond donors (Lipinski definition) is 2. The average Bonchev–Trinajstić information content (AvgIpc) is 2.77. The summed E-state index contributed by atoms with van der Waals surface area (Å²) in [5, 5.41) is 7.22. The number of nitrogens with one attached hydrogen (secondary N) is 2. The Hall–Kier alpha value is -1.62. The third-order valence-electron chi connectivity index (χ3n) is 3.84. The topological polar surface area (TPSA) is 50.4 Å². The Morgan fingerprint density at radius 3 is 2.41 bits per heavy atom. The van der Waals surface area contributed by atoms with Gasteiger partial charge in [0.05, 0.1) is 12.2 Å². The monoisotopic (exact) mass is 320 g/mol. The van der Waals surface area contributed by atoms with Crippen LogP contribution < -0.4 is 10.6 Å². The maximum absolute atomic E-state index is 11.6. The summed E-state index contributed by atoms with van der Waals surface area (Å²) in [5.74, 6) is -0.298. The van der Waals surface area contributed by atoms with Crippen LogP contribution in [0.4, 0.5) is 5.69 Å². The lowest BCUT2D eigenvalue weighted by Crippen LogP contribution is -2.37. The van der Waals surface area contributed by atoms with Gasteiger partial charge >= 0.3 is 5.97 Å². The fraction of sp³-hybridized carbons (Fsp3) is 0.529. The normalized spacial score (nSPS) is 15.7. The summed E-state index contributed by atoms with van der Waals surface area (Å²) in [5.41, 5.74) is 1.43. The van der Waals surface area contributed by atoms with E-state index in [0.717, 1.165) is 5.69 Å². The molecule has 0 amide bonds. The Morgan fingerprint density at radius 1 is 1.18 bits per heavy atom. The standard InChI is InChI=1S/C17H24N2O2S/c1-2-21-16(20)13-9-11-15(12-10-13)19-17(22)18-14-7-5-3-4-6-8-14/h9-12,14H,2-8H2,1H3,(H2,18,19,22). The molecule has 1 aliphatic rings. The Bertz CT molecular complexity index is 494. The third kappa shape index (κ3) is 5.30. The smallest absolute Gasteiger partial charge is 0.338 e. The first-order valence-corrected chi connectivity index (χ1v) is 8.44. The molecule has 0 heterocycles. The highest BCUT2D eigenvalue weighted by Crippen LogP contribution is 2.17. The molecule has 0 bridgehead atoms. The minimum absolute atomic E-state index is 0.298. The highest BCUT2D eigenvalue weighted by atomic mass is 32.1. The van der Waals surface area contributed by atoms with Crippen molar-refractivity contribution in [3.8, 4) is 0 Å². The summed E-state index contributed by atoms with van der Waals surface area (Å²) in [4.78, 5) is 11.6. The number of anilines is 1.